The zero-order valence-corrected chi connectivity index (χ0v) is 13.1. The SMILES string of the molecule is CC(C)Nc1nc2c(c(=O)[nH]1)CN(Cc1ccccc1)CC2. The van der Waals surface area contributed by atoms with E-state index in [0.29, 0.717) is 12.5 Å². The highest BCUT2D eigenvalue weighted by molar-refractivity contribution is 5.32. The number of H-pyrrole nitrogens is 1. The minimum atomic E-state index is -0.0223. The Hall–Kier alpha value is -2.14. The van der Waals surface area contributed by atoms with Crippen LogP contribution in [0.4, 0.5) is 5.95 Å². The molecule has 5 nitrogen and oxygen atoms in total. The molecule has 22 heavy (non-hydrogen) atoms. The van der Waals surface area contributed by atoms with Gasteiger partial charge in [0, 0.05) is 32.1 Å². The fourth-order valence-corrected chi connectivity index (χ4v) is 2.80. The van der Waals surface area contributed by atoms with Gasteiger partial charge in [-0.05, 0) is 19.4 Å². The number of aromatic nitrogens is 2. The van der Waals surface area contributed by atoms with Crippen LogP contribution in [-0.4, -0.2) is 27.5 Å². The maximum atomic E-state index is 12.3. The van der Waals surface area contributed by atoms with Gasteiger partial charge < -0.3 is 5.32 Å². The second-order valence-electron chi connectivity index (χ2n) is 6.09. The molecule has 0 bridgehead atoms. The van der Waals surface area contributed by atoms with Crippen molar-refractivity contribution in [3.63, 3.8) is 0 Å². The molecule has 5 heteroatoms. The number of hydrogen-bond donors (Lipinski definition) is 2. The smallest absolute Gasteiger partial charge is 0.257 e. The van der Waals surface area contributed by atoms with Crippen LogP contribution < -0.4 is 10.9 Å². The number of rotatable bonds is 4. The first-order valence-corrected chi connectivity index (χ1v) is 7.76. The maximum absolute atomic E-state index is 12.3. The number of benzene rings is 1. The molecule has 0 saturated carbocycles. The molecule has 116 valence electrons. The summed E-state index contributed by atoms with van der Waals surface area (Å²) in [4.78, 5) is 22.0. The van der Waals surface area contributed by atoms with Crippen LogP contribution in [0.5, 0.6) is 0 Å². The van der Waals surface area contributed by atoms with Gasteiger partial charge in [-0.15, -0.1) is 0 Å². The van der Waals surface area contributed by atoms with Crippen molar-refractivity contribution in [1.29, 1.82) is 0 Å². The second-order valence-corrected chi connectivity index (χ2v) is 6.09. The van der Waals surface area contributed by atoms with E-state index < -0.39 is 0 Å². The van der Waals surface area contributed by atoms with Crippen LogP contribution in [0.15, 0.2) is 35.1 Å². The van der Waals surface area contributed by atoms with Crippen molar-refractivity contribution >= 4 is 5.95 Å². The molecular formula is C17H22N4O. The van der Waals surface area contributed by atoms with E-state index in [4.69, 9.17) is 0 Å². The molecule has 0 saturated heterocycles. The predicted octanol–water partition coefficient (Wildman–Crippen LogP) is 2.15. The predicted molar refractivity (Wildman–Crippen MR) is 87.9 cm³/mol. The van der Waals surface area contributed by atoms with Crippen molar-refractivity contribution in [3.8, 4) is 0 Å². The maximum Gasteiger partial charge on any atom is 0.257 e. The van der Waals surface area contributed by atoms with Gasteiger partial charge in [0.15, 0.2) is 0 Å². The van der Waals surface area contributed by atoms with Gasteiger partial charge in [-0.3, -0.25) is 14.7 Å². The lowest BCUT2D eigenvalue weighted by molar-refractivity contribution is 0.242. The molecule has 3 rings (SSSR count). The van der Waals surface area contributed by atoms with Crippen LogP contribution >= 0.6 is 0 Å². The molecule has 0 aliphatic carbocycles. The molecule has 2 heterocycles. The number of nitrogens with zero attached hydrogens (tertiary/aromatic N) is 2. The van der Waals surface area contributed by atoms with Gasteiger partial charge in [0.2, 0.25) is 5.95 Å². The molecule has 0 unspecified atom stereocenters. The molecule has 1 aliphatic rings. The first-order valence-electron chi connectivity index (χ1n) is 7.76. The Kier molecular flexibility index (Phi) is 4.24. The standard InChI is InChI=1S/C17H22N4O/c1-12(2)18-17-19-15-8-9-21(11-14(15)16(22)20-17)10-13-6-4-3-5-7-13/h3-7,12H,8-11H2,1-2H3,(H2,18,19,20,22). The fourth-order valence-electron chi connectivity index (χ4n) is 2.80. The Bertz CT molecular complexity index is 694. The third kappa shape index (κ3) is 3.36. The third-order valence-corrected chi connectivity index (χ3v) is 3.82. The van der Waals surface area contributed by atoms with Crippen molar-refractivity contribution in [3.05, 3.63) is 57.5 Å². The van der Waals surface area contributed by atoms with Crippen LogP contribution in [0, 0.1) is 0 Å². The first-order chi connectivity index (χ1) is 10.6. The summed E-state index contributed by atoms with van der Waals surface area (Å²) in [5.74, 6) is 0.579. The quantitative estimate of drug-likeness (QED) is 0.908. The number of aromatic amines is 1. The summed E-state index contributed by atoms with van der Waals surface area (Å²) in [5.41, 5.74) is 2.98. The minimum Gasteiger partial charge on any atom is -0.354 e. The van der Waals surface area contributed by atoms with Crippen molar-refractivity contribution in [2.45, 2.75) is 39.4 Å². The summed E-state index contributed by atoms with van der Waals surface area (Å²) >= 11 is 0. The van der Waals surface area contributed by atoms with E-state index in [0.717, 1.165) is 30.8 Å². The Morgan fingerprint density at radius 3 is 2.82 bits per heavy atom. The number of hydrogen-bond acceptors (Lipinski definition) is 4. The summed E-state index contributed by atoms with van der Waals surface area (Å²) in [7, 11) is 0. The summed E-state index contributed by atoms with van der Waals surface area (Å²) in [6.07, 6.45) is 0.818. The van der Waals surface area contributed by atoms with Gasteiger partial charge in [0.1, 0.15) is 0 Å². The summed E-state index contributed by atoms with van der Waals surface area (Å²) in [5, 5.41) is 3.17. The zero-order chi connectivity index (χ0) is 15.5. The van der Waals surface area contributed by atoms with E-state index in [1.807, 2.05) is 32.0 Å². The van der Waals surface area contributed by atoms with E-state index in [1.54, 1.807) is 0 Å². The molecule has 0 spiro atoms. The monoisotopic (exact) mass is 298 g/mol. The Morgan fingerprint density at radius 2 is 2.09 bits per heavy atom. The topological polar surface area (TPSA) is 61.0 Å². The van der Waals surface area contributed by atoms with Gasteiger partial charge in [-0.1, -0.05) is 30.3 Å². The number of fused-ring (bicyclic) bond motifs is 1. The molecule has 1 aromatic carbocycles. The van der Waals surface area contributed by atoms with E-state index >= 15 is 0 Å². The molecule has 2 N–H and O–H groups in total. The van der Waals surface area contributed by atoms with E-state index in [2.05, 4.69) is 32.3 Å². The summed E-state index contributed by atoms with van der Waals surface area (Å²) < 4.78 is 0. The van der Waals surface area contributed by atoms with E-state index in [1.165, 1.54) is 5.56 Å². The molecule has 0 fully saturated rings. The highest BCUT2D eigenvalue weighted by Crippen LogP contribution is 2.17. The van der Waals surface area contributed by atoms with Crippen LogP contribution in [0.1, 0.15) is 30.7 Å². The Morgan fingerprint density at radius 1 is 1.32 bits per heavy atom. The molecule has 0 amide bonds. The van der Waals surface area contributed by atoms with Gasteiger partial charge >= 0.3 is 0 Å². The summed E-state index contributed by atoms with van der Waals surface area (Å²) in [6.45, 7) is 6.52. The average molecular weight is 298 g/mol. The molecule has 1 aliphatic heterocycles. The Balaban J connectivity index is 1.77. The van der Waals surface area contributed by atoms with Gasteiger partial charge in [-0.2, -0.15) is 0 Å². The third-order valence-electron chi connectivity index (χ3n) is 3.82. The van der Waals surface area contributed by atoms with Crippen LogP contribution in [0.25, 0.3) is 0 Å². The summed E-state index contributed by atoms with van der Waals surface area (Å²) in [6, 6.07) is 10.6. The van der Waals surface area contributed by atoms with Gasteiger partial charge in [0.05, 0.1) is 11.3 Å². The lowest BCUT2D eigenvalue weighted by atomic mass is 10.1. The second kappa shape index (κ2) is 6.32. The number of nitrogens with one attached hydrogen (secondary N) is 2. The number of anilines is 1. The Labute approximate surface area is 130 Å². The minimum absolute atomic E-state index is 0.0223. The largest absolute Gasteiger partial charge is 0.354 e. The van der Waals surface area contributed by atoms with Gasteiger partial charge in [0.25, 0.3) is 5.56 Å². The molecule has 0 atom stereocenters. The fraction of sp³-hybridized carbons (Fsp3) is 0.412. The van der Waals surface area contributed by atoms with E-state index in [9.17, 15) is 4.79 Å². The zero-order valence-electron chi connectivity index (χ0n) is 13.1. The van der Waals surface area contributed by atoms with Gasteiger partial charge in [-0.25, -0.2) is 4.98 Å². The normalized spacial score (nSPS) is 14.9. The highest BCUT2D eigenvalue weighted by atomic mass is 16.1. The average Bonchev–Trinajstić information content (AvgIpc) is 2.48. The van der Waals surface area contributed by atoms with Crippen molar-refractivity contribution in [1.82, 2.24) is 14.9 Å². The molecule has 2 aromatic rings. The van der Waals surface area contributed by atoms with E-state index in [-0.39, 0.29) is 11.6 Å². The van der Waals surface area contributed by atoms with Crippen molar-refractivity contribution in [2.24, 2.45) is 0 Å². The molecular weight excluding hydrogens is 276 g/mol. The van der Waals surface area contributed by atoms with Crippen LogP contribution in [-0.2, 0) is 19.5 Å². The molecule has 1 aromatic heterocycles. The lowest BCUT2D eigenvalue weighted by Gasteiger charge is -2.27. The first kappa shape index (κ1) is 14.8. The highest BCUT2D eigenvalue weighted by Gasteiger charge is 2.21. The van der Waals surface area contributed by atoms with Crippen LogP contribution in [0.3, 0.4) is 0 Å². The molecule has 0 radical (unpaired) electrons. The lowest BCUT2D eigenvalue weighted by Crippen LogP contribution is -2.35. The van der Waals surface area contributed by atoms with Crippen molar-refractivity contribution < 1.29 is 0 Å². The van der Waals surface area contributed by atoms with Crippen LogP contribution in [0.2, 0.25) is 0 Å². The van der Waals surface area contributed by atoms with Crippen molar-refractivity contribution in [2.75, 3.05) is 11.9 Å².